The van der Waals surface area contributed by atoms with E-state index in [1.807, 2.05) is 0 Å². The summed E-state index contributed by atoms with van der Waals surface area (Å²) in [6, 6.07) is 1.90. The van der Waals surface area contributed by atoms with Crippen molar-refractivity contribution in [2.24, 2.45) is 23.7 Å². The Morgan fingerprint density at radius 1 is 0.786 bits per heavy atom. The second kappa shape index (κ2) is 2.75. The van der Waals surface area contributed by atoms with E-state index in [-0.39, 0.29) is 0 Å². The van der Waals surface area contributed by atoms with E-state index in [9.17, 15) is 0 Å². The van der Waals surface area contributed by atoms with Crippen LogP contribution in [-0.4, -0.2) is 12.1 Å². The summed E-state index contributed by atoms with van der Waals surface area (Å²) < 4.78 is 0. The Bertz CT molecular complexity index is 238. The molecule has 0 aliphatic heterocycles. The first-order valence-corrected chi connectivity index (χ1v) is 6.69. The minimum absolute atomic E-state index is 0.940. The monoisotopic (exact) mass is 191 g/mol. The van der Waals surface area contributed by atoms with Gasteiger partial charge in [0, 0.05) is 12.1 Å². The maximum atomic E-state index is 3.99. The molecule has 1 nitrogen and oxygen atoms in total. The van der Waals surface area contributed by atoms with Crippen molar-refractivity contribution in [3.05, 3.63) is 0 Å². The topological polar surface area (TPSA) is 12.0 Å². The Kier molecular flexibility index (Phi) is 1.60. The minimum atomic E-state index is 0.940. The molecule has 0 bridgehead atoms. The van der Waals surface area contributed by atoms with E-state index in [4.69, 9.17) is 0 Å². The standard InChI is InChI=1S/C13H21N/c1-2-4-10-9(3-1)13(10)14-12-6-5-8-7-11(8)12/h8-14H,1-7H2. The van der Waals surface area contributed by atoms with Crippen molar-refractivity contribution in [1.29, 1.82) is 0 Å². The summed E-state index contributed by atoms with van der Waals surface area (Å²) >= 11 is 0. The third-order valence-electron chi connectivity index (χ3n) is 5.41. The van der Waals surface area contributed by atoms with Gasteiger partial charge < -0.3 is 5.32 Å². The van der Waals surface area contributed by atoms with Gasteiger partial charge in [0.05, 0.1) is 0 Å². The molecule has 0 aromatic rings. The third-order valence-corrected chi connectivity index (χ3v) is 5.41. The molecule has 5 atom stereocenters. The Balaban J connectivity index is 1.37. The van der Waals surface area contributed by atoms with Crippen LogP contribution in [0.15, 0.2) is 0 Å². The van der Waals surface area contributed by atoms with Gasteiger partial charge in [0.25, 0.3) is 0 Å². The molecule has 0 saturated heterocycles. The van der Waals surface area contributed by atoms with E-state index in [2.05, 4.69) is 5.32 Å². The van der Waals surface area contributed by atoms with Gasteiger partial charge in [-0.05, 0) is 55.8 Å². The summed E-state index contributed by atoms with van der Waals surface area (Å²) in [5.74, 6) is 4.45. The molecule has 4 aliphatic rings. The van der Waals surface area contributed by atoms with Crippen LogP contribution in [0, 0.1) is 23.7 Å². The van der Waals surface area contributed by atoms with E-state index < -0.39 is 0 Å². The number of fused-ring (bicyclic) bond motifs is 2. The zero-order valence-corrected chi connectivity index (χ0v) is 8.91. The first-order valence-electron chi connectivity index (χ1n) is 6.69. The average Bonchev–Trinajstić information content (AvgIpc) is 3.08. The number of hydrogen-bond donors (Lipinski definition) is 1. The van der Waals surface area contributed by atoms with Crippen LogP contribution in [0.2, 0.25) is 0 Å². The highest BCUT2D eigenvalue weighted by Gasteiger charge is 2.55. The zero-order valence-electron chi connectivity index (χ0n) is 8.91. The molecule has 4 aliphatic carbocycles. The van der Waals surface area contributed by atoms with Crippen molar-refractivity contribution in [2.75, 3.05) is 0 Å². The molecule has 4 rings (SSSR count). The molecular formula is C13H21N. The fourth-order valence-corrected chi connectivity index (χ4v) is 4.40. The van der Waals surface area contributed by atoms with Gasteiger partial charge in [0.2, 0.25) is 0 Å². The average molecular weight is 191 g/mol. The molecule has 14 heavy (non-hydrogen) atoms. The molecule has 0 amide bonds. The second-order valence-corrected chi connectivity index (χ2v) is 6.15. The van der Waals surface area contributed by atoms with E-state index >= 15 is 0 Å². The molecule has 5 unspecified atom stereocenters. The molecule has 0 aromatic heterocycles. The van der Waals surface area contributed by atoms with Gasteiger partial charge in [0.1, 0.15) is 0 Å². The molecule has 4 fully saturated rings. The highest BCUT2D eigenvalue weighted by atomic mass is 15.0. The van der Waals surface area contributed by atoms with Crippen LogP contribution in [0.4, 0.5) is 0 Å². The minimum Gasteiger partial charge on any atom is -0.310 e. The lowest BCUT2D eigenvalue weighted by molar-refractivity contribution is 0.452. The first-order chi connectivity index (χ1) is 6.93. The smallest absolute Gasteiger partial charge is 0.0133 e. The molecule has 1 N–H and O–H groups in total. The lowest BCUT2D eigenvalue weighted by Crippen LogP contribution is -2.32. The van der Waals surface area contributed by atoms with Crippen LogP contribution in [0.3, 0.4) is 0 Å². The molecule has 0 radical (unpaired) electrons. The summed E-state index contributed by atoms with van der Waals surface area (Å²) in [7, 11) is 0. The Labute approximate surface area is 86.6 Å². The maximum absolute atomic E-state index is 3.99. The van der Waals surface area contributed by atoms with Crippen molar-refractivity contribution in [2.45, 2.75) is 57.0 Å². The van der Waals surface area contributed by atoms with Crippen molar-refractivity contribution in [3.63, 3.8) is 0 Å². The predicted octanol–water partition coefficient (Wildman–Crippen LogP) is 2.56. The van der Waals surface area contributed by atoms with Crippen LogP contribution in [0.1, 0.15) is 44.9 Å². The van der Waals surface area contributed by atoms with E-state index in [0.717, 1.165) is 35.8 Å². The lowest BCUT2D eigenvalue weighted by atomic mass is 10.0. The van der Waals surface area contributed by atoms with Crippen LogP contribution < -0.4 is 5.32 Å². The van der Waals surface area contributed by atoms with Crippen LogP contribution in [-0.2, 0) is 0 Å². The summed E-state index contributed by atoms with van der Waals surface area (Å²) in [4.78, 5) is 0. The summed E-state index contributed by atoms with van der Waals surface area (Å²) in [5, 5.41) is 3.99. The molecule has 0 spiro atoms. The fourth-order valence-electron chi connectivity index (χ4n) is 4.40. The highest BCUT2D eigenvalue weighted by molar-refractivity contribution is 5.09. The van der Waals surface area contributed by atoms with Gasteiger partial charge in [0.15, 0.2) is 0 Å². The second-order valence-electron chi connectivity index (χ2n) is 6.15. The molecule has 4 saturated carbocycles. The molecule has 0 aromatic carbocycles. The van der Waals surface area contributed by atoms with Gasteiger partial charge in [-0.3, -0.25) is 0 Å². The number of rotatable bonds is 2. The zero-order chi connectivity index (χ0) is 9.12. The first kappa shape index (κ1) is 8.15. The molecule has 0 heterocycles. The van der Waals surface area contributed by atoms with Gasteiger partial charge in [-0.2, -0.15) is 0 Å². The summed E-state index contributed by atoms with van der Waals surface area (Å²) in [6.45, 7) is 0. The van der Waals surface area contributed by atoms with Gasteiger partial charge in [-0.25, -0.2) is 0 Å². The number of hydrogen-bond acceptors (Lipinski definition) is 1. The van der Waals surface area contributed by atoms with E-state index in [0.29, 0.717) is 0 Å². The molecule has 1 heteroatoms. The van der Waals surface area contributed by atoms with Crippen LogP contribution in [0.25, 0.3) is 0 Å². The van der Waals surface area contributed by atoms with Crippen LogP contribution in [0.5, 0.6) is 0 Å². The molecule has 78 valence electrons. The van der Waals surface area contributed by atoms with Gasteiger partial charge >= 0.3 is 0 Å². The third kappa shape index (κ3) is 1.11. The number of nitrogens with one attached hydrogen (secondary N) is 1. The normalized spacial score (nSPS) is 59.1. The van der Waals surface area contributed by atoms with Crippen molar-refractivity contribution < 1.29 is 0 Å². The largest absolute Gasteiger partial charge is 0.310 e. The summed E-state index contributed by atoms with van der Waals surface area (Å²) in [5.41, 5.74) is 0. The van der Waals surface area contributed by atoms with E-state index in [1.54, 1.807) is 6.42 Å². The predicted molar refractivity (Wildman–Crippen MR) is 57.0 cm³/mol. The Morgan fingerprint density at radius 3 is 2.14 bits per heavy atom. The maximum Gasteiger partial charge on any atom is 0.0133 e. The molecular weight excluding hydrogens is 170 g/mol. The van der Waals surface area contributed by atoms with Crippen LogP contribution >= 0.6 is 0 Å². The van der Waals surface area contributed by atoms with Crippen molar-refractivity contribution in [3.8, 4) is 0 Å². The Morgan fingerprint density at radius 2 is 1.57 bits per heavy atom. The van der Waals surface area contributed by atoms with Gasteiger partial charge in [-0.1, -0.05) is 12.8 Å². The van der Waals surface area contributed by atoms with E-state index in [1.165, 1.54) is 38.5 Å². The fraction of sp³-hybridized carbons (Fsp3) is 1.00. The van der Waals surface area contributed by atoms with Gasteiger partial charge in [-0.15, -0.1) is 0 Å². The SMILES string of the molecule is C1CCC2C(C1)C2NC1CCC2CC21. The highest BCUT2D eigenvalue weighted by Crippen LogP contribution is 2.55. The summed E-state index contributed by atoms with van der Waals surface area (Å²) in [6.07, 6.45) is 10.7. The van der Waals surface area contributed by atoms with Crippen molar-refractivity contribution in [1.82, 2.24) is 5.32 Å². The Hall–Kier alpha value is -0.0400. The van der Waals surface area contributed by atoms with Crippen molar-refractivity contribution >= 4 is 0 Å². The lowest BCUT2D eigenvalue weighted by Gasteiger charge is -2.13. The quantitative estimate of drug-likeness (QED) is 0.707.